The summed E-state index contributed by atoms with van der Waals surface area (Å²) in [6.45, 7) is 3.63. The van der Waals surface area contributed by atoms with Crippen LogP contribution in [0.5, 0.6) is 0 Å². The van der Waals surface area contributed by atoms with Crippen molar-refractivity contribution in [3.63, 3.8) is 0 Å². The zero-order valence-electron chi connectivity index (χ0n) is 8.35. The molecule has 2 rings (SSSR count). The highest BCUT2D eigenvalue weighted by Crippen LogP contribution is 2.25. The number of hydrogen-bond donors (Lipinski definition) is 0. The normalized spacial score (nSPS) is 19.6. The second-order valence-corrected chi connectivity index (χ2v) is 3.41. The molecular formula is C13H12O2. The topological polar surface area (TPSA) is 26.3 Å². The van der Waals surface area contributed by atoms with Crippen molar-refractivity contribution in [2.24, 2.45) is 0 Å². The minimum Gasteiger partial charge on any atom is -0.454 e. The second-order valence-electron chi connectivity index (χ2n) is 3.41. The van der Waals surface area contributed by atoms with E-state index in [0.717, 1.165) is 5.56 Å². The summed E-state index contributed by atoms with van der Waals surface area (Å²) in [5, 5.41) is 0. The summed E-state index contributed by atoms with van der Waals surface area (Å²) in [5.74, 6) is -0.243. The highest BCUT2D eigenvalue weighted by atomic mass is 16.5. The van der Waals surface area contributed by atoms with Crippen LogP contribution in [0.1, 0.15) is 12.0 Å². The first-order chi connectivity index (χ1) is 7.31. The Kier molecular flexibility index (Phi) is 2.68. The van der Waals surface area contributed by atoms with E-state index in [-0.39, 0.29) is 12.1 Å². The fraction of sp³-hybridized carbons (Fsp3) is 0.154. The Labute approximate surface area is 88.9 Å². The maximum Gasteiger partial charge on any atom is 0.339 e. The van der Waals surface area contributed by atoms with Crippen molar-refractivity contribution in [3.8, 4) is 0 Å². The summed E-state index contributed by atoms with van der Waals surface area (Å²) in [6, 6.07) is 9.55. The summed E-state index contributed by atoms with van der Waals surface area (Å²) in [7, 11) is 0. The summed E-state index contributed by atoms with van der Waals surface area (Å²) in [4.78, 5) is 11.5. The highest BCUT2D eigenvalue weighted by Gasteiger charge is 2.25. The first-order valence-electron chi connectivity index (χ1n) is 4.90. The van der Waals surface area contributed by atoms with Gasteiger partial charge in [0.25, 0.3) is 0 Å². The lowest BCUT2D eigenvalue weighted by Gasteiger charge is -2.02. The number of carbonyl (C=O) groups excluding carboxylic acids is 1. The molecule has 0 spiro atoms. The average Bonchev–Trinajstić information content (AvgIpc) is 2.61. The van der Waals surface area contributed by atoms with Crippen LogP contribution in [0.3, 0.4) is 0 Å². The molecule has 0 amide bonds. The van der Waals surface area contributed by atoms with Crippen LogP contribution >= 0.6 is 0 Å². The number of ether oxygens (including phenoxy) is 1. The third kappa shape index (κ3) is 1.99. The van der Waals surface area contributed by atoms with Crippen molar-refractivity contribution in [2.75, 3.05) is 0 Å². The quantitative estimate of drug-likeness (QED) is 0.553. The van der Waals surface area contributed by atoms with Crippen molar-refractivity contribution in [1.29, 1.82) is 0 Å². The molecular weight excluding hydrogens is 188 g/mol. The van der Waals surface area contributed by atoms with E-state index in [1.165, 1.54) is 0 Å². The fourth-order valence-electron chi connectivity index (χ4n) is 1.60. The molecule has 0 N–H and O–H groups in total. The fourth-order valence-corrected chi connectivity index (χ4v) is 1.60. The number of benzene rings is 1. The van der Waals surface area contributed by atoms with Crippen molar-refractivity contribution in [1.82, 2.24) is 0 Å². The van der Waals surface area contributed by atoms with Gasteiger partial charge < -0.3 is 4.74 Å². The van der Waals surface area contributed by atoms with Gasteiger partial charge in [-0.15, -0.1) is 6.58 Å². The maximum atomic E-state index is 11.5. The first kappa shape index (κ1) is 9.71. The Morgan fingerprint density at radius 1 is 1.33 bits per heavy atom. The van der Waals surface area contributed by atoms with E-state index >= 15 is 0 Å². The average molecular weight is 200 g/mol. The van der Waals surface area contributed by atoms with E-state index in [1.54, 1.807) is 6.08 Å². The molecule has 0 bridgehead atoms. The van der Waals surface area contributed by atoms with E-state index < -0.39 is 0 Å². The van der Waals surface area contributed by atoms with E-state index in [0.29, 0.717) is 12.0 Å². The molecule has 0 radical (unpaired) electrons. The van der Waals surface area contributed by atoms with Gasteiger partial charge in [-0.25, -0.2) is 4.79 Å². The number of cyclic esters (lactones) is 1. The smallest absolute Gasteiger partial charge is 0.339 e. The lowest BCUT2D eigenvalue weighted by molar-refractivity contribution is -0.137. The third-order valence-electron chi connectivity index (χ3n) is 2.31. The molecule has 1 heterocycles. The third-order valence-corrected chi connectivity index (χ3v) is 2.31. The lowest BCUT2D eigenvalue weighted by Crippen LogP contribution is -2.06. The van der Waals surface area contributed by atoms with E-state index in [1.807, 2.05) is 36.4 Å². The molecule has 0 aromatic heterocycles. The molecule has 0 saturated heterocycles. The Bertz CT molecular complexity index is 404. The molecule has 2 nitrogen and oxygen atoms in total. The summed E-state index contributed by atoms with van der Waals surface area (Å²) in [5.41, 5.74) is 1.57. The number of carbonyl (C=O) groups is 1. The molecule has 15 heavy (non-hydrogen) atoms. The number of esters is 1. The molecule has 1 atom stereocenters. The Hall–Kier alpha value is -1.83. The van der Waals surface area contributed by atoms with Crippen LogP contribution in [0.2, 0.25) is 0 Å². The van der Waals surface area contributed by atoms with Crippen molar-refractivity contribution in [3.05, 3.63) is 54.6 Å². The number of hydrogen-bond acceptors (Lipinski definition) is 2. The van der Waals surface area contributed by atoms with Gasteiger partial charge >= 0.3 is 5.97 Å². The van der Waals surface area contributed by atoms with E-state index in [9.17, 15) is 4.79 Å². The van der Waals surface area contributed by atoms with Crippen molar-refractivity contribution >= 4 is 11.5 Å². The predicted molar refractivity (Wildman–Crippen MR) is 59.1 cm³/mol. The van der Waals surface area contributed by atoms with Crippen molar-refractivity contribution < 1.29 is 9.53 Å². The first-order valence-corrected chi connectivity index (χ1v) is 4.90. The standard InChI is InChI=1S/C13H12O2/c1-2-6-11-9-12(13(14)15-11)10-7-4-3-5-8-10/h2-5,7-9,11H,1,6H2/t11-/m1/s1. The molecule has 1 aromatic rings. The maximum absolute atomic E-state index is 11.5. The van der Waals surface area contributed by atoms with Crippen LogP contribution < -0.4 is 0 Å². The molecule has 0 aliphatic carbocycles. The van der Waals surface area contributed by atoms with Crippen LogP contribution in [0.15, 0.2) is 49.1 Å². The molecule has 2 heteroatoms. The van der Waals surface area contributed by atoms with Crippen LogP contribution in [0.25, 0.3) is 5.57 Å². The summed E-state index contributed by atoms with van der Waals surface area (Å²) in [6.07, 6.45) is 4.13. The van der Waals surface area contributed by atoms with Crippen LogP contribution in [-0.4, -0.2) is 12.1 Å². The highest BCUT2D eigenvalue weighted by molar-refractivity contribution is 6.18. The minimum absolute atomic E-state index is 0.148. The Balaban J connectivity index is 2.26. The van der Waals surface area contributed by atoms with Gasteiger partial charge in [-0.1, -0.05) is 36.4 Å². The monoisotopic (exact) mass is 200 g/mol. The molecule has 0 fully saturated rings. The zero-order chi connectivity index (χ0) is 10.7. The van der Waals surface area contributed by atoms with Crippen LogP contribution in [0, 0.1) is 0 Å². The van der Waals surface area contributed by atoms with Gasteiger partial charge in [0, 0.05) is 6.42 Å². The van der Waals surface area contributed by atoms with Gasteiger partial charge in [0.05, 0.1) is 5.57 Å². The van der Waals surface area contributed by atoms with Gasteiger partial charge in [0.15, 0.2) is 0 Å². The predicted octanol–water partition coefficient (Wildman–Crippen LogP) is 2.57. The Morgan fingerprint density at radius 3 is 2.73 bits per heavy atom. The zero-order valence-corrected chi connectivity index (χ0v) is 8.35. The van der Waals surface area contributed by atoms with Gasteiger partial charge in [-0.3, -0.25) is 0 Å². The molecule has 0 unspecified atom stereocenters. The number of rotatable bonds is 3. The van der Waals surface area contributed by atoms with Crippen molar-refractivity contribution in [2.45, 2.75) is 12.5 Å². The van der Waals surface area contributed by atoms with Gasteiger partial charge in [0.1, 0.15) is 6.10 Å². The molecule has 76 valence electrons. The van der Waals surface area contributed by atoms with Gasteiger partial charge in [-0.05, 0) is 11.6 Å². The molecule has 1 aliphatic heterocycles. The Morgan fingerprint density at radius 2 is 2.07 bits per heavy atom. The molecule has 1 aromatic carbocycles. The lowest BCUT2D eigenvalue weighted by atomic mass is 10.1. The largest absolute Gasteiger partial charge is 0.454 e. The summed E-state index contributed by atoms with van der Waals surface area (Å²) < 4.78 is 5.17. The molecule has 0 saturated carbocycles. The summed E-state index contributed by atoms with van der Waals surface area (Å²) >= 11 is 0. The van der Waals surface area contributed by atoms with Crippen LogP contribution in [0.4, 0.5) is 0 Å². The minimum atomic E-state index is -0.243. The SMILES string of the molecule is C=CC[C@@H]1C=C(c2ccccc2)C(=O)O1. The van der Waals surface area contributed by atoms with Gasteiger partial charge in [-0.2, -0.15) is 0 Å². The molecule has 1 aliphatic rings. The second kappa shape index (κ2) is 4.13. The van der Waals surface area contributed by atoms with E-state index in [4.69, 9.17) is 4.74 Å². The van der Waals surface area contributed by atoms with Crippen LogP contribution in [-0.2, 0) is 9.53 Å². The van der Waals surface area contributed by atoms with Gasteiger partial charge in [0.2, 0.25) is 0 Å². The van der Waals surface area contributed by atoms with E-state index in [2.05, 4.69) is 6.58 Å².